The van der Waals surface area contributed by atoms with Gasteiger partial charge < -0.3 is 9.80 Å². The maximum absolute atomic E-state index is 13.4. The number of carbonyl (C=O) groups is 2. The van der Waals surface area contributed by atoms with Crippen molar-refractivity contribution in [3.63, 3.8) is 0 Å². The molecule has 0 aliphatic carbocycles. The van der Waals surface area contributed by atoms with Gasteiger partial charge in [-0.1, -0.05) is 41.5 Å². The van der Waals surface area contributed by atoms with Crippen LogP contribution in [0.15, 0.2) is 54.7 Å². The number of likely N-dealkylation sites (tertiary alicyclic amines) is 1. The first-order valence-corrected chi connectivity index (χ1v) is 12.7. The summed E-state index contributed by atoms with van der Waals surface area (Å²) in [5, 5.41) is 1.16. The first-order valence-electron chi connectivity index (χ1n) is 12.7. The van der Waals surface area contributed by atoms with E-state index < -0.39 is 0 Å². The van der Waals surface area contributed by atoms with Crippen LogP contribution in [0.25, 0.3) is 10.9 Å². The fraction of sp³-hybridized carbons (Fsp3) is 0.414. The second-order valence-electron chi connectivity index (χ2n) is 10.1. The second kappa shape index (κ2) is 10.2. The molecule has 5 rings (SSSR count). The topological polar surface area (TPSA) is 56.8 Å². The lowest BCUT2D eigenvalue weighted by molar-refractivity contribution is -0.138. The summed E-state index contributed by atoms with van der Waals surface area (Å²) < 4.78 is 0. The molecule has 35 heavy (non-hydrogen) atoms. The summed E-state index contributed by atoms with van der Waals surface area (Å²) in [5.74, 6) is 0.143. The predicted molar refractivity (Wildman–Crippen MR) is 138 cm³/mol. The van der Waals surface area contributed by atoms with E-state index in [1.165, 1.54) is 5.56 Å². The number of nitrogens with zero attached hydrogens (tertiary/aromatic N) is 4. The quantitative estimate of drug-likeness (QED) is 0.577. The standard InChI is InChI=1S/C29H34N4O2/c1-21-16-22(2)18-26(17-21)29(35)33-11-5-9-25(20-33)28(34)32-14-12-31(13-15-32)19-24-7-3-6-23-8-4-10-30-27(23)24/h3-4,6-8,10,16-18,25H,5,9,11-15,19-20H2,1-2H3. The van der Waals surface area contributed by atoms with Crippen LogP contribution in [0.2, 0.25) is 0 Å². The molecule has 2 amide bonds. The van der Waals surface area contributed by atoms with Gasteiger partial charge in [0.2, 0.25) is 5.91 Å². The van der Waals surface area contributed by atoms with Gasteiger partial charge >= 0.3 is 0 Å². The van der Waals surface area contributed by atoms with Gasteiger partial charge in [0.05, 0.1) is 11.4 Å². The van der Waals surface area contributed by atoms with Gasteiger partial charge in [-0.2, -0.15) is 0 Å². The molecule has 0 bridgehead atoms. The van der Waals surface area contributed by atoms with E-state index in [-0.39, 0.29) is 17.7 Å². The Hall–Kier alpha value is -3.25. The highest BCUT2D eigenvalue weighted by atomic mass is 16.2. The maximum Gasteiger partial charge on any atom is 0.253 e. The van der Waals surface area contributed by atoms with E-state index in [0.717, 1.165) is 79.7 Å². The highest BCUT2D eigenvalue weighted by Crippen LogP contribution is 2.23. The third kappa shape index (κ3) is 5.22. The van der Waals surface area contributed by atoms with E-state index in [0.29, 0.717) is 6.54 Å². The highest BCUT2D eigenvalue weighted by Gasteiger charge is 2.33. The number of amides is 2. The van der Waals surface area contributed by atoms with Gasteiger partial charge in [0, 0.05) is 63.0 Å². The van der Waals surface area contributed by atoms with Crippen LogP contribution in [0.4, 0.5) is 0 Å². The zero-order valence-corrected chi connectivity index (χ0v) is 20.7. The minimum absolute atomic E-state index is 0.0443. The van der Waals surface area contributed by atoms with Crippen LogP contribution in [0.1, 0.15) is 39.9 Å². The van der Waals surface area contributed by atoms with Gasteiger partial charge in [-0.3, -0.25) is 19.5 Å². The molecule has 6 nitrogen and oxygen atoms in total. The molecule has 182 valence electrons. The molecule has 2 aliphatic rings. The fourth-order valence-corrected chi connectivity index (χ4v) is 5.56. The molecule has 1 unspecified atom stereocenters. The first-order chi connectivity index (χ1) is 17.0. The van der Waals surface area contributed by atoms with Crippen LogP contribution in [-0.2, 0) is 11.3 Å². The monoisotopic (exact) mass is 470 g/mol. The summed E-state index contributed by atoms with van der Waals surface area (Å²) in [6.07, 6.45) is 3.58. The molecule has 1 atom stereocenters. The van der Waals surface area contributed by atoms with Crippen molar-refractivity contribution in [2.75, 3.05) is 39.3 Å². The molecule has 2 saturated heterocycles. The number of hydrogen-bond donors (Lipinski definition) is 0. The van der Waals surface area contributed by atoms with Crippen molar-refractivity contribution in [1.82, 2.24) is 19.7 Å². The summed E-state index contributed by atoms with van der Waals surface area (Å²) >= 11 is 0. The molecule has 3 aromatic rings. The van der Waals surface area contributed by atoms with Gasteiger partial charge in [0.25, 0.3) is 5.91 Å². The van der Waals surface area contributed by atoms with Crippen molar-refractivity contribution in [3.8, 4) is 0 Å². The molecule has 2 aliphatic heterocycles. The lowest BCUT2D eigenvalue weighted by atomic mass is 9.95. The molecule has 0 saturated carbocycles. The zero-order chi connectivity index (χ0) is 24.4. The van der Waals surface area contributed by atoms with Gasteiger partial charge in [-0.15, -0.1) is 0 Å². The van der Waals surface area contributed by atoms with Gasteiger partial charge in [0.1, 0.15) is 0 Å². The first kappa shape index (κ1) is 23.5. The smallest absolute Gasteiger partial charge is 0.253 e. The summed E-state index contributed by atoms with van der Waals surface area (Å²) in [7, 11) is 0. The number of piperazine rings is 1. The summed E-state index contributed by atoms with van der Waals surface area (Å²) in [4.78, 5) is 37.4. The molecule has 1 aromatic heterocycles. The van der Waals surface area contributed by atoms with Crippen molar-refractivity contribution in [2.45, 2.75) is 33.2 Å². The number of benzene rings is 2. The minimum Gasteiger partial charge on any atom is -0.340 e. The predicted octanol–water partition coefficient (Wildman–Crippen LogP) is 4.05. The van der Waals surface area contributed by atoms with Crippen LogP contribution in [0.3, 0.4) is 0 Å². The average molecular weight is 471 g/mol. The van der Waals surface area contributed by atoms with Crippen molar-refractivity contribution in [2.24, 2.45) is 5.92 Å². The molecule has 2 fully saturated rings. The molecular weight excluding hydrogens is 436 g/mol. The van der Waals surface area contributed by atoms with Crippen LogP contribution in [0.5, 0.6) is 0 Å². The summed E-state index contributed by atoms with van der Waals surface area (Å²) in [6.45, 7) is 9.30. The Balaban J connectivity index is 1.18. The molecule has 6 heteroatoms. The molecule has 0 N–H and O–H groups in total. The Labute approximate surface area is 207 Å². The van der Waals surface area contributed by atoms with E-state index in [4.69, 9.17) is 0 Å². The van der Waals surface area contributed by atoms with Gasteiger partial charge in [-0.05, 0) is 50.5 Å². The Bertz CT molecular complexity index is 1210. The molecule has 2 aromatic carbocycles. The number of rotatable bonds is 4. The van der Waals surface area contributed by atoms with E-state index in [9.17, 15) is 9.59 Å². The number of aryl methyl sites for hydroxylation is 2. The van der Waals surface area contributed by atoms with E-state index in [1.54, 1.807) is 0 Å². The molecule has 0 spiro atoms. The largest absolute Gasteiger partial charge is 0.340 e. The third-order valence-corrected chi connectivity index (χ3v) is 7.32. The fourth-order valence-electron chi connectivity index (χ4n) is 5.56. The van der Waals surface area contributed by atoms with Crippen LogP contribution in [0, 0.1) is 19.8 Å². The average Bonchev–Trinajstić information content (AvgIpc) is 2.88. The lowest BCUT2D eigenvalue weighted by Gasteiger charge is -2.39. The second-order valence-corrected chi connectivity index (χ2v) is 10.1. The van der Waals surface area contributed by atoms with Crippen molar-refractivity contribution >= 4 is 22.7 Å². The zero-order valence-electron chi connectivity index (χ0n) is 20.7. The molecule has 3 heterocycles. The minimum atomic E-state index is -0.104. The summed E-state index contributed by atoms with van der Waals surface area (Å²) in [6, 6.07) is 16.4. The lowest BCUT2D eigenvalue weighted by Crippen LogP contribution is -2.52. The van der Waals surface area contributed by atoms with Crippen molar-refractivity contribution < 1.29 is 9.59 Å². The Morgan fingerprint density at radius 1 is 0.914 bits per heavy atom. The Morgan fingerprint density at radius 2 is 1.66 bits per heavy atom. The van der Waals surface area contributed by atoms with Crippen molar-refractivity contribution in [3.05, 3.63) is 77.0 Å². The van der Waals surface area contributed by atoms with E-state index >= 15 is 0 Å². The Morgan fingerprint density at radius 3 is 2.43 bits per heavy atom. The van der Waals surface area contributed by atoms with Crippen molar-refractivity contribution in [1.29, 1.82) is 0 Å². The van der Waals surface area contributed by atoms with Gasteiger partial charge in [-0.25, -0.2) is 0 Å². The normalized spacial score (nSPS) is 19.2. The highest BCUT2D eigenvalue weighted by molar-refractivity contribution is 5.95. The number of carbonyl (C=O) groups excluding carboxylic acids is 2. The Kier molecular flexibility index (Phi) is 6.82. The number of fused-ring (bicyclic) bond motifs is 1. The van der Waals surface area contributed by atoms with Crippen LogP contribution < -0.4 is 0 Å². The number of hydrogen-bond acceptors (Lipinski definition) is 4. The number of pyridine rings is 1. The molecule has 0 radical (unpaired) electrons. The summed E-state index contributed by atoms with van der Waals surface area (Å²) in [5.41, 5.74) is 5.21. The number of piperidine rings is 1. The van der Waals surface area contributed by atoms with Gasteiger partial charge in [0.15, 0.2) is 0 Å². The third-order valence-electron chi connectivity index (χ3n) is 7.32. The number of para-hydroxylation sites is 1. The number of aromatic nitrogens is 1. The maximum atomic E-state index is 13.4. The molecular formula is C29H34N4O2. The van der Waals surface area contributed by atoms with Crippen LogP contribution in [-0.4, -0.2) is 70.8 Å². The van der Waals surface area contributed by atoms with E-state index in [1.807, 2.05) is 48.0 Å². The van der Waals surface area contributed by atoms with E-state index in [2.05, 4.69) is 40.2 Å². The van der Waals surface area contributed by atoms with Crippen LogP contribution >= 0.6 is 0 Å². The SMILES string of the molecule is Cc1cc(C)cc(C(=O)N2CCCC(C(=O)N3CCN(Cc4cccc5cccnc45)CC3)C2)c1.